The molecule has 0 bridgehead atoms. The van der Waals surface area contributed by atoms with Crippen LogP contribution < -0.4 is 15.0 Å². The fraction of sp³-hybridized carbons (Fsp3) is 0.462. The van der Waals surface area contributed by atoms with Crippen molar-refractivity contribution in [2.45, 2.75) is 38.1 Å². The Morgan fingerprint density at radius 2 is 1.79 bits per heavy atom. The number of nitrogens with one attached hydrogen (secondary N) is 1. The number of rotatable bonds is 8. The molecule has 0 unspecified atom stereocenters. The summed E-state index contributed by atoms with van der Waals surface area (Å²) < 4.78 is 18.9. The summed E-state index contributed by atoms with van der Waals surface area (Å²) in [7, 11) is 1.59. The average molecular weight is 454 g/mol. The third kappa shape index (κ3) is 5.53. The second-order valence-corrected chi connectivity index (χ2v) is 8.80. The number of amides is 2. The van der Waals surface area contributed by atoms with Crippen LogP contribution in [-0.2, 0) is 9.59 Å². The Morgan fingerprint density at radius 1 is 1.09 bits per heavy atom. The Balaban J connectivity index is 1.54. The van der Waals surface area contributed by atoms with Crippen molar-refractivity contribution in [2.75, 3.05) is 38.2 Å². The van der Waals surface area contributed by atoms with Gasteiger partial charge < -0.3 is 19.9 Å². The number of hydrogen-bond acceptors (Lipinski definition) is 4. The summed E-state index contributed by atoms with van der Waals surface area (Å²) in [6, 6.07) is 12.8. The largest absolute Gasteiger partial charge is 0.497 e. The van der Waals surface area contributed by atoms with Gasteiger partial charge in [0.15, 0.2) is 0 Å². The lowest BCUT2D eigenvalue weighted by Gasteiger charge is -2.41. The normalized spacial score (nSPS) is 21.3. The number of benzene rings is 2. The molecule has 33 heavy (non-hydrogen) atoms. The van der Waals surface area contributed by atoms with Crippen molar-refractivity contribution in [3.63, 3.8) is 0 Å². The van der Waals surface area contributed by atoms with E-state index in [9.17, 15) is 14.0 Å². The summed E-state index contributed by atoms with van der Waals surface area (Å²) in [5.74, 6) is -0.181. The molecular formula is C26H32FN3O3. The summed E-state index contributed by atoms with van der Waals surface area (Å²) in [5.41, 5.74) is 1.44. The fourth-order valence-corrected chi connectivity index (χ4v) is 4.91. The molecule has 0 aliphatic carbocycles. The molecule has 4 rings (SSSR count). The first-order chi connectivity index (χ1) is 16.1. The van der Waals surface area contributed by atoms with Gasteiger partial charge in [-0.25, -0.2) is 4.39 Å². The van der Waals surface area contributed by atoms with Gasteiger partial charge in [-0.05, 0) is 87.3 Å². The van der Waals surface area contributed by atoms with Gasteiger partial charge in [0, 0.05) is 18.7 Å². The highest BCUT2D eigenvalue weighted by atomic mass is 19.1. The topological polar surface area (TPSA) is 61.9 Å². The first-order valence-corrected chi connectivity index (χ1v) is 11.8. The Hall–Kier alpha value is -2.93. The number of methoxy groups -OCH3 is 1. The zero-order valence-corrected chi connectivity index (χ0v) is 19.1. The van der Waals surface area contributed by atoms with E-state index < -0.39 is 12.0 Å². The van der Waals surface area contributed by atoms with Crippen molar-refractivity contribution < 1.29 is 18.7 Å². The molecule has 7 heteroatoms. The molecule has 0 spiro atoms. The molecule has 2 aromatic carbocycles. The Labute approximate surface area is 194 Å². The first kappa shape index (κ1) is 23.2. The molecular weight excluding hydrogens is 421 g/mol. The lowest BCUT2D eigenvalue weighted by atomic mass is 9.83. The molecule has 2 aromatic rings. The highest BCUT2D eigenvalue weighted by molar-refractivity contribution is 5.97. The van der Waals surface area contributed by atoms with Gasteiger partial charge in [0.1, 0.15) is 11.6 Å². The van der Waals surface area contributed by atoms with Gasteiger partial charge in [-0.3, -0.25) is 9.59 Å². The van der Waals surface area contributed by atoms with Gasteiger partial charge in [-0.2, -0.15) is 0 Å². The maximum atomic E-state index is 13.6. The Bertz CT molecular complexity index is 942. The highest BCUT2D eigenvalue weighted by Crippen LogP contribution is 2.40. The van der Waals surface area contributed by atoms with Crippen molar-refractivity contribution in [3.05, 3.63) is 59.9 Å². The monoisotopic (exact) mass is 453 g/mol. The molecule has 6 nitrogen and oxygen atoms in total. The van der Waals surface area contributed by atoms with Gasteiger partial charge in [0.05, 0.1) is 19.1 Å². The van der Waals surface area contributed by atoms with Crippen LogP contribution in [0.3, 0.4) is 0 Å². The summed E-state index contributed by atoms with van der Waals surface area (Å²) in [4.78, 5) is 30.4. The van der Waals surface area contributed by atoms with E-state index in [1.807, 2.05) is 12.1 Å². The maximum Gasteiger partial charge on any atom is 0.227 e. The maximum absolute atomic E-state index is 13.6. The van der Waals surface area contributed by atoms with Crippen molar-refractivity contribution in [1.82, 2.24) is 10.2 Å². The van der Waals surface area contributed by atoms with Crippen LogP contribution >= 0.6 is 0 Å². The zero-order valence-electron chi connectivity index (χ0n) is 19.1. The number of anilines is 1. The molecule has 0 saturated carbocycles. The van der Waals surface area contributed by atoms with Crippen LogP contribution in [0.5, 0.6) is 5.75 Å². The van der Waals surface area contributed by atoms with E-state index in [0.717, 1.165) is 31.6 Å². The number of nitrogens with zero attached hydrogens (tertiary/aromatic N) is 2. The molecule has 0 radical (unpaired) electrons. The van der Waals surface area contributed by atoms with E-state index >= 15 is 0 Å². The van der Waals surface area contributed by atoms with Gasteiger partial charge in [0.2, 0.25) is 11.8 Å². The van der Waals surface area contributed by atoms with E-state index in [0.29, 0.717) is 24.4 Å². The Morgan fingerprint density at radius 3 is 2.45 bits per heavy atom. The molecule has 2 aliphatic heterocycles. The molecule has 2 amide bonds. The molecule has 176 valence electrons. The first-order valence-electron chi connectivity index (χ1n) is 11.8. The van der Waals surface area contributed by atoms with Crippen LogP contribution in [0.25, 0.3) is 0 Å². The molecule has 2 saturated heterocycles. The number of likely N-dealkylation sites (tertiary alicyclic amines) is 1. The molecule has 0 aromatic heterocycles. The van der Waals surface area contributed by atoms with Crippen LogP contribution in [0.2, 0.25) is 0 Å². The number of hydrogen-bond donors (Lipinski definition) is 1. The zero-order chi connectivity index (χ0) is 23.2. The van der Waals surface area contributed by atoms with Crippen molar-refractivity contribution in [3.8, 4) is 5.75 Å². The molecule has 2 atom stereocenters. The minimum Gasteiger partial charge on any atom is -0.497 e. The average Bonchev–Trinajstić information content (AvgIpc) is 3.36. The number of halogens is 1. The smallest absolute Gasteiger partial charge is 0.227 e. The summed E-state index contributed by atoms with van der Waals surface area (Å²) in [5, 5.41) is 3.09. The second kappa shape index (κ2) is 10.8. The van der Waals surface area contributed by atoms with E-state index in [-0.39, 0.29) is 24.1 Å². The SMILES string of the molecule is COc1ccc(N2C(=O)CC[C@H](C(=O)NCCCN3CCCC3)[C@@H]2c2ccc(F)cc2)cc1. The van der Waals surface area contributed by atoms with Crippen LogP contribution in [0.15, 0.2) is 48.5 Å². The van der Waals surface area contributed by atoms with Crippen molar-refractivity contribution in [1.29, 1.82) is 0 Å². The standard InChI is InChI=1S/C26H32FN3O3/c1-33-22-11-9-21(10-12-22)30-24(31)14-13-23(25(30)19-5-7-20(27)8-6-19)26(32)28-15-4-18-29-16-2-3-17-29/h5-12,23,25H,2-4,13-18H2,1H3,(H,28,32)/t23-,25-/m0/s1. The summed E-state index contributed by atoms with van der Waals surface area (Å²) >= 11 is 0. The minimum absolute atomic E-state index is 0.0485. The van der Waals surface area contributed by atoms with Crippen LogP contribution in [-0.4, -0.2) is 50.0 Å². The molecule has 1 N–H and O–H groups in total. The fourth-order valence-electron chi connectivity index (χ4n) is 4.91. The molecule has 2 heterocycles. The summed E-state index contributed by atoms with van der Waals surface area (Å²) in [6.07, 6.45) is 4.16. The van der Waals surface area contributed by atoms with Gasteiger partial charge in [0.25, 0.3) is 0 Å². The third-order valence-electron chi connectivity index (χ3n) is 6.65. The van der Waals surface area contributed by atoms with Crippen molar-refractivity contribution >= 4 is 17.5 Å². The van der Waals surface area contributed by atoms with E-state index in [2.05, 4.69) is 10.2 Å². The highest BCUT2D eigenvalue weighted by Gasteiger charge is 2.41. The quantitative estimate of drug-likeness (QED) is 0.616. The van der Waals surface area contributed by atoms with Crippen LogP contribution in [0.4, 0.5) is 10.1 Å². The lowest BCUT2D eigenvalue weighted by Crippen LogP contribution is -2.48. The number of carbonyl (C=O) groups excluding carboxylic acids is 2. The molecule has 2 aliphatic rings. The predicted octanol–water partition coefficient (Wildman–Crippen LogP) is 3.92. The number of carbonyl (C=O) groups is 2. The van der Waals surface area contributed by atoms with E-state index in [1.165, 1.54) is 25.0 Å². The van der Waals surface area contributed by atoms with E-state index in [4.69, 9.17) is 4.74 Å². The van der Waals surface area contributed by atoms with Gasteiger partial charge in [-0.15, -0.1) is 0 Å². The third-order valence-corrected chi connectivity index (χ3v) is 6.65. The van der Waals surface area contributed by atoms with Gasteiger partial charge >= 0.3 is 0 Å². The minimum atomic E-state index is -0.501. The second-order valence-electron chi connectivity index (χ2n) is 8.80. The summed E-state index contributed by atoms with van der Waals surface area (Å²) in [6.45, 7) is 3.88. The van der Waals surface area contributed by atoms with Crippen molar-refractivity contribution in [2.24, 2.45) is 5.92 Å². The number of ether oxygens (including phenoxy) is 1. The Kier molecular flexibility index (Phi) is 7.60. The van der Waals surface area contributed by atoms with Crippen LogP contribution in [0, 0.1) is 11.7 Å². The predicted molar refractivity (Wildman–Crippen MR) is 126 cm³/mol. The van der Waals surface area contributed by atoms with Crippen LogP contribution in [0.1, 0.15) is 43.7 Å². The molecule has 2 fully saturated rings. The lowest BCUT2D eigenvalue weighted by molar-refractivity contribution is -0.129. The van der Waals surface area contributed by atoms with Gasteiger partial charge in [-0.1, -0.05) is 12.1 Å². The van der Waals surface area contributed by atoms with E-state index in [1.54, 1.807) is 36.3 Å². The number of piperidine rings is 1.